The predicted molar refractivity (Wildman–Crippen MR) is 150 cm³/mol. The van der Waals surface area contributed by atoms with Gasteiger partial charge in [0.2, 0.25) is 5.91 Å². The number of anilines is 1. The molecule has 202 valence electrons. The van der Waals surface area contributed by atoms with E-state index in [-0.39, 0.29) is 35.3 Å². The summed E-state index contributed by atoms with van der Waals surface area (Å²) in [4.78, 5) is 45.4. The smallest absolute Gasteiger partial charge is 0.270 e. The van der Waals surface area contributed by atoms with Crippen LogP contribution in [0.25, 0.3) is 10.9 Å². The Morgan fingerprint density at radius 1 is 1.13 bits per heavy atom. The van der Waals surface area contributed by atoms with Crippen molar-refractivity contribution in [2.24, 2.45) is 5.73 Å². The zero-order valence-corrected chi connectivity index (χ0v) is 22.5. The summed E-state index contributed by atoms with van der Waals surface area (Å²) in [6, 6.07) is 16.1. The molecule has 0 radical (unpaired) electrons. The lowest BCUT2D eigenvalue weighted by Gasteiger charge is -2.31. The standard InChI is InChI=1S/C28H30N6O4S/c1-17-5-3-6-18(15-17)10-13-34(28(37)25-22(29)23(26(30)35)33-39-25)24(27(36)32-12-14-38-2)20-8-9-21-19(16-20)7-4-11-31-21/h3-9,11,15-16,24H,10,12-14,29H2,1-2H3,(H2,30,35)(H,32,36)/t24-/m1/s1. The van der Waals surface area contributed by atoms with E-state index in [1.54, 1.807) is 19.4 Å². The average Bonchev–Trinajstić information content (AvgIpc) is 3.32. The Morgan fingerprint density at radius 3 is 2.67 bits per heavy atom. The van der Waals surface area contributed by atoms with Crippen molar-refractivity contribution in [3.8, 4) is 0 Å². The second-order valence-corrected chi connectivity index (χ2v) is 9.79. The van der Waals surface area contributed by atoms with Crippen LogP contribution in [-0.2, 0) is 16.0 Å². The number of rotatable bonds is 11. The SMILES string of the molecule is COCCNC(=O)[C@@H](c1ccc2ncccc2c1)N(CCc1cccc(C)c1)C(=O)c1snc(C(N)=O)c1N. The lowest BCUT2D eigenvalue weighted by molar-refractivity contribution is -0.126. The molecule has 0 saturated heterocycles. The molecule has 2 heterocycles. The summed E-state index contributed by atoms with van der Waals surface area (Å²) < 4.78 is 9.10. The van der Waals surface area contributed by atoms with Crippen LogP contribution < -0.4 is 16.8 Å². The van der Waals surface area contributed by atoms with E-state index < -0.39 is 17.9 Å². The maximum Gasteiger partial charge on any atom is 0.270 e. The van der Waals surface area contributed by atoms with Crippen LogP contribution in [-0.4, -0.2) is 58.8 Å². The van der Waals surface area contributed by atoms with Crippen LogP contribution in [0.1, 0.15) is 42.9 Å². The Morgan fingerprint density at radius 2 is 1.95 bits per heavy atom. The number of fused-ring (bicyclic) bond motifs is 1. The molecule has 0 unspecified atom stereocenters. The highest BCUT2D eigenvalue weighted by atomic mass is 32.1. The van der Waals surface area contributed by atoms with E-state index in [1.165, 1.54) is 4.90 Å². The number of amides is 3. The molecule has 3 amide bonds. The quantitative estimate of drug-likeness (QED) is 0.244. The second kappa shape index (κ2) is 12.5. The van der Waals surface area contributed by atoms with Gasteiger partial charge in [-0.25, -0.2) is 0 Å². The number of nitrogens with two attached hydrogens (primary N) is 2. The van der Waals surface area contributed by atoms with Crippen LogP contribution in [0.5, 0.6) is 0 Å². The summed E-state index contributed by atoms with van der Waals surface area (Å²) in [6.07, 6.45) is 2.17. The topological polar surface area (TPSA) is 154 Å². The largest absolute Gasteiger partial charge is 0.395 e. The number of hydrogen-bond acceptors (Lipinski definition) is 8. The molecule has 0 aliphatic carbocycles. The minimum absolute atomic E-state index is 0.0465. The average molecular weight is 547 g/mol. The molecule has 11 heteroatoms. The maximum absolute atomic E-state index is 14.0. The molecular weight excluding hydrogens is 516 g/mol. The summed E-state index contributed by atoms with van der Waals surface area (Å²) in [5.74, 6) is -1.74. The van der Waals surface area contributed by atoms with E-state index in [2.05, 4.69) is 14.7 Å². The van der Waals surface area contributed by atoms with Gasteiger partial charge >= 0.3 is 0 Å². The first kappa shape index (κ1) is 27.7. The number of nitrogen functional groups attached to an aromatic ring is 1. The molecule has 0 aliphatic heterocycles. The second-order valence-electron chi connectivity index (χ2n) is 9.02. The highest BCUT2D eigenvalue weighted by Gasteiger charge is 2.34. The first-order valence-electron chi connectivity index (χ1n) is 12.3. The predicted octanol–water partition coefficient (Wildman–Crippen LogP) is 2.87. The molecule has 0 bridgehead atoms. The molecule has 4 aromatic rings. The fourth-order valence-electron chi connectivity index (χ4n) is 4.33. The van der Waals surface area contributed by atoms with Gasteiger partial charge in [-0.05, 0) is 54.2 Å². The highest BCUT2D eigenvalue weighted by Crippen LogP contribution is 2.30. The summed E-state index contributed by atoms with van der Waals surface area (Å²) >= 11 is 0.785. The minimum Gasteiger partial charge on any atom is -0.395 e. The van der Waals surface area contributed by atoms with E-state index in [9.17, 15) is 14.4 Å². The number of primary amides is 1. The lowest BCUT2D eigenvalue weighted by atomic mass is 10.00. The normalized spacial score (nSPS) is 11.7. The number of benzene rings is 2. The number of carbonyl (C=O) groups is 3. The monoisotopic (exact) mass is 546 g/mol. The van der Waals surface area contributed by atoms with E-state index >= 15 is 0 Å². The van der Waals surface area contributed by atoms with Gasteiger partial charge in [0.25, 0.3) is 11.8 Å². The Labute approximate surface area is 230 Å². The molecule has 1 atom stereocenters. The van der Waals surface area contributed by atoms with Crippen LogP contribution in [0, 0.1) is 6.92 Å². The molecule has 0 saturated carbocycles. The van der Waals surface area contributed by atoms with Crippen LogP contribution in [0.3, 0.4) is 0 Å². The Bertz CT molecular complexity index is 1500. The van der Waals surface area contributed by atoms with Crippen molar-refractivity contribution in [3.05, 3.63) is 88.1 Å². The molecule has 10 nitrogen and oxygen atoms in total. The Kier molecular flexibility index (Phi) is 8.84. The Balaban J connectivity index is 1.80. The molecule has 4 rings (SSSR count). The number of nitrogens with zero attached hydrogens (tertiary/aromatic N) is 3. The van der Waals surface area contributed by atoms with Gasteiger partial charge in [-0.1, -0.05) is 42.0 Å². The zero-order valence-electron chi connectivity index (χ0n) is 21.7. The zero-order chi connectivity index (χ0) is 27.9. The van der Waals surface area contributed by atoms with Gasteiger partial charge in [0.1, 0.15) is 10.9 Å². The first-order chi connectivity index (χ1) is 18.8. The summed E-state index contributed by atoms with van der Waals surface area (Å²) in [7, 11) is 1.54. The summed E-state index contributed by atoms with van der Waals surface area (Å²) in [5, 5.41) is 3.69. The fourth-order valence-corrected chi connectivity index (χ4v) is 5.10. The van der Waals surface area contributed by atoms with Crippen LogP contribution in [0.15, 0.2) is 60.8 Å². The van der Waals surface area contributed by atoms with Crippen LogP contribution in [0.2, 0.25) is 0 Å². The van der Waals surface area contributed by atoms with E-state index in [0.29, 0.717) is 18.6 Å². The molecule has 39 heavy (non-hydrogen) atoms. The molecule has 0 aliphatic rings. The van der Waals surface area contributed by atoms with E-state index in [4.69, 9.17) is 16.2 Å². The number of aryl methyl sites for hydroxylation is 1. The first-order valence-corrected chi connectivity index (χ1v) is 13.1. The van der Waals surface area contributed by atoms with E-state index in [1.807, 2.05) is 55.5 Å². The number of carbonyl (C=O) groups excluding carboxylic acids is 3. The van der Waals surface area contributed by atoms with Gasteiger partial charge in [-0.2, -0.15) is 4.37 Å². The van der Waals surface area contributed by atoms with Gasteiger partial charge in [0.05, 0.1) is 17.8 Å². The molecular formula is C28H30N6O4S. The van der Waals surface area contributed by atoms with Gasteiger partial charge < -0.3 is 26.4 Å². The Hall–Kier alpha value is -4.35. The number of nitrogens with one attached hydrogen (secondary N) is 1. The van der Waals surface area contributed by atoms with Crippen molar-refractivity contribution in [1.29, 1.82) is 0 Å². The number of pyridine rings is 1. The van der Waals surface area contributed by atoms with Crippen molar-refractivity contribution in [3.63, 3.8) is 0 Å². The highest BCUT2D eigenvalue weighted by molar-refractivity contribution is 7.09. The van der Waals surface area contributed by atoms with Crippen LogP contribution in [0.4, 0.5) is 5.69 Å². The molecule has 2 aromatic carbocycles. The van der Waals surface area contributed by atoms with Gasteiger partial charge in [-0.15, -0.1) is 0 Å². The van der Waals surface area contributed by atoms with Crippen molar-refractivity contribution in [1.82, 2.24) is 19.6 Å². The molecule has 0 spiro atoms. The van der Waals surface area contributed by atoms with Crippen LogP contribution >= 0.6 is 11.5 Å². The lowest BCUT2D eigenvalue weighted by Crippen LogP contribution is -2.45. The molecule has 0 fully saturated rings. The summed E-state index contributed by atoms with van der Waals surface area (Å²) in [5.41, 5.74) is 14.7. The van der Waals surface area contributed by atoms with E-state index in [0.717, 1.165) is 33.6 Å². The van der Waals surface area contributed by atoms with Gasteiger partial charge in [0, 0.05) is 31.8 Å². The third kappa shape index (κ3) is 6.39. The fraction of sp³-hybridized carbons (Fsp3) is 0.250. The number of aromatic nitrogens is 2. The third-order valence-corrected chi connectivity index (χ3v) is 7.10. The minimum atomic E-state index is -1.01. The number of hydrogen-bond donors (Lipinski definition) is 3. The maximum atomic E-state index is 14.0. The molecule has 5 N–H and O–H groups in total. The van der Waals surface area contributed by atoms with Crippen molar-refractivity contribution < 1.29 is 19.1 Å². The molecule has 2 aromatic heterocycles. The number of methoxy groups -OCH3 is 1. The van der Waals surface area contributed by atoms with Gasteiger partial charge in [0.15, 0.2) is 5.69 Å². The van der Waals surface area contributed by atoms with Crippen molar-refractivity contribution in [2.75, 3.05) is 32.5 Å². The van der Waals surface area contributed by atoms with Gasteiger partial charge in [-0.3, -0.25) is 19.4 Å². The van der Waals surface area contributed by atoms with Crippen molar-refractivity contribution in [2.45, 2.75) is 19.4 Å². The third-order valence-electron chi connectivity index (χ3n) is 6.25. The van der Waals surface area contributed by atoms with Crippen molar-refractivity contribution >= 4 is 45.8 Å². The summed E-state index contributed by atoms with van der Waals surface area (Å²) in [6.45, 7) is 2.75. The number of ether oxygens (including phenoxy) is 1.